The molecule has 0 saturated heterocycles. The van der Waals surface area contributed by atoms with Gasteiger partial charge < -0.3 is 5.32 Å². The zero-order valence-corrected chi connectivity index (χ0v) is 12.7. The molecular weight excluding hydrogens is 311 g/mol. The molecule has 124 valence electrons. The Morgan fingerprint density at radius 1 is 1.26 bits per heavy atom. The number of hydrogen-bond donors (Lipinski definition) is 1. The molecule has 1 atom stereocenters. The number of halogens is 3. The number of carbonyl (C=O) groups excluding carboxylic acids is 3. The number of carbonyl (C=O) groups is 3. The molecule has 0 aromatic heterocycles. The van der Waals surface area contributed by atoms with Gasteiger partial charge in [0, 0.05) is 17.5 Å². The first kappa shape index (κ1) is 17.2. The van der Waals surface area contributed by atoms with Gasteiger partial charge >= 0.3 is 6.18 Å². The fourth-order valence-corrected chi connectivity index (χ4v) is 2.49. The van der Waals surface area contributed by atoms with E-state index in [4.69, 9.17) is 0 Å². The third kappa shape index (κ3) is 3.60. The Morgan fingerprint density at radius 2 is 1.91 bits per heavy atom. The lowest BCUT2D eigenvalue weighted by Crippen LogP contribution is -2.46. The Labute approximate surface area is 131 Å². The minimum absolute atomic E-state index is 0.0966. The standard InChI is InChI=1S/C16H16F3NO3/c1-15(2)7-6-11(21)12(13(15)22)14(23)20-10-5-3-4-9(8-10)16(17,18)19/h3-5,8,12H,6-7H2,1-2H3,(H,20,23). The Morgan fingerprint density at radius 3 is 2.52 bits per heavy atom. The lowest BCUT2D eigenvalue weighted by molar-refractivity contribution is -0.147. The Hall–Kier alpha value is -2.18. The van der Waals surface area contributed by atoms with E-state index in [-0.39, 0.29) is 12.1 Å². The van der Waals surface area contributed by atoms with Crippen LogP contribution in [0.1, 0.15) is 32.3 Å². The van der Waals surface area contributed by atoms with E-state index in [1.165, 1.54) is 6.07 Å². The Kier molecular flexibility index (Phi) is 4.32. The van der Waals surface area contributed by atoms with Crippen LogP contribution < -0.4 is 5.32 Å². The van der Waals surface area contributed by atoms with E-state index in [0.29, 0.717) is 6.42 Å². The second kappa shape index (κ2) is 5.79. The van der Waals surface area contributed by atoms with Crippen molar-refractivity contribution < 1.29 is 27.6 Å². The van der Waals surface area contributed by atoms with Crippen LogP contribution in [0.3, 0.4) is 0 Å². The summed E-state index contributed by atoms with van der Waals surface area (Å²) in [6.45, 7) is 3.29. The number of alkyl halides is 3. The number of ketones is 2. The molecule has 7 heteroatoms. The zero-order valence-electron chi connectivity index (χ0n) is 12.7. The third-order valence-electron chi connectivity index (χ3n) is 3.97. The van der Waals surface area contributed by atoms with Crippen molar-refractivity contribution in [3.63, 3.8) is 0 Å². The van der Waals surface area contributed by atoms with E-state index in [9.17, 15) is 27.6 Å². The molecule has 1 fully saturated rings. The number of amides is 1. The van der Waals surface area contributed by atoms with Gasteiger partial charge in [0.25, 0.3) is 0 Å². The van der Waals surface area contributed by atoms with Crippen molar-refractivity contribution in [2.24, 2.45) is 11.3 Å². The highest BCUT2D eigenvalue weighted by atomic mass is 19.4. The quantitative estimate of drug-likeness (QED) is 0.848. The fourth-order valence-electron chi connectivity index (χ4n) is 2.49. The maximum Gasteiger partial charge on any atom is 0.416 e. The topological polar surface area (TPSA) is 63.2 Å². The third-order valence-corrected chi connectivity index (χ3v) is 3.97. The number of anilines is 1. The summed E-state index contributed by atoms with van der Waals surface area (Å²) in [5.41, 5.74) is -1.82. The molecule has 0 aliphatic heterocycles. The van der Waals surface area contributed by atoms with Crippen molar-refractivity contribution in [2.75, 3.05) is 5.32 Å². The molecule has 4 nitrogen and oxygen atoms in total. The van der Waals surface area contributed by atoms with E-state index < -0.39 is 40.5 Å². The van der Waals surface area contributed by atoms with Gasteiger partial charge in [0.2, 0.25) is 5.91 Å². The van der Waals surface area contributed by atoms with Crippen LogP contribution in [-0.2, 0) is 20.6 Å². The van der Waals surface area contributed by atoms with Gasteiger partial charge in [-0.1, -0.05) is 19.9 Å². The molecule has 0 heterocycles. The van der Waals surface area contributed by atoms with Crippen LogP contribution in [0.5, 0.6) is 0 Å². The molecule has 1 unspecified atom stereocenters. The monoisotopic (exact) mass is 327 g/mol. The summed E-state index contributed by atoms with van der Waals surface area (Å²) in [6.07, 6.45) is -4.09. The van der Waals surface area contributed by atoms with Gasteiger partial charge in [-0.15, -0.1) is 0 Å². The molecule has 0 spiro atoms. The molecule has 1 aliphatic rings. The van der Waals surface area contributed by atoms with Gasteiger partial charge in [-0.3, -0.25) is 14.4 Å². The first-order valence-electron chi connectivity index (χ1n) is 7.07. The fraction of sp³-hybridized carbons (Fsp3) is 0.438. The highest BCUT2D eigenvalue weighted by Gasteiger charge is 2.46. The number of hydrogen-bond acceptors (Lipinski definition) is 3. The average molecular weight is 327 g/mol. The predicted molar refractivity (Wildman–Crippen MR) is 76.6 cm³/mol. The SMILES string of the molecule is CC1(C)CCC(=O)C(C(=O)Nc2cccc(C(F)(F)F)c2)C1=O. The Balaban J connectivity index is 2.22. The van der Waals surface area contributed by atoms with Gasteiger partial charge in [0.1, 0.15) is 0 Å². The average Bonchev–Trinajstić information content (AvgIpc) is 2.43. The highest BCUT2D eigenvalue weighted by molar-refractivity contribution is 6.24. The van der Waals surface area contributed by atoms with Crippen molar-refractivity contribution in [3.05, 3.63) is 29.8 Å². The van der Waals surface area contributed by atoms with Crippen LogP contribution in [0.15, 0.2) is 24.3 Å². The summed E-state index contributed by atoms with van der Waals surface area (Å²) >= 11 is 0. The lowest BCUT2D eigenvalue weighted by atomic mass is 9.70. The summed E-state index contributed by atoms with van der Waals surface area (Å²) in [4.78, 5) is 36.3. The van der Waals surface area contributed by atoms with Gasteiger partial charge in [0.15, 0.2) is 17.5 Å². The van der Waals surface area contributed by atoms with E-state index >= 15 is 0 Å². The van der Waals surface area contributed by atoms with E-state index in [2.05, 4.69) is 5.32 Å². The van der Waals surface area contributed by atoms with Crippen molar-refractivity contribution in [1.82, 2.24) is 0 Å². The van der Waals surface area contributed by atoms with Gasteiger partial charge in [0.05, 0.1) is 5.56 Å². The number of Topliss-reactive ketones (excluding diaryl/α,β-unsaturated/α-hetero) is 2. The number of rotatable bonds is 2. The molecule has 0 radical (unpaired) electrons. The maximum atomic E-state index is 12.7. The van der Waals surface area contributed by atoms with Gasteiger partial charge in [-0.2, -0.15) is 13.2 Å². The Bertz CT molecular complexity index is 665. The molecule has 23 heavy (non-hydrogen) atoms. The first-order chi connectivity index (χ1) is 10.5. The molecule has 1 saturated carbocycles. The molecule has 0 bridgehead atoms. The molecular formula is C16H16F3NO3. The molecule has 1 aromatic rings. The molecule has 1 N–H and O–H groups in total. The normalized spacial score (nSPS) is 21.2. The van der Waals surface area contributed by atoms with Crippen LogP contribution in [0.4, 0.5) is 18.9 Å². The van der Waals surface area contributed by atoms with Crippen LogP contribution in [0.2, 0.25) is 0 Å². The molecule has 1 aliphatic carbocycles. The van der Waals surface area contributed by atoms with Crippen molar-refractivity contribution in [1.29, 1.82) is 0 Å². The smallest absolute Gasteiger partial charge is 0.325 e. The minimum Gasteiger partial charge on any atom is -0.325 e. The van der Waals surface area contributed by atoms with Crippen LogP contribution in [-0.4, -0.2) is 17.5 Å². The van der Waals surface area contributed by atoms with Crippen LogP contribution in [0, 0.1) is 11.3 Å². The predicted octanol–water partition coefficient (Wildman–Crippen LogP) is 3.22. The minimum atomic E-state index is -4.54. The number of benzene rings is 1. The van der Waals surface area contributed by atoms with Gasteiger partial charge in [-0.25, -0.2) is 0 Å². The zero-order chi connectivity index (χ0) is 17.4. The van der Waals surface area contributed by atoms with Crippen molar-refractivity contribution >= 4 is 23.2 Å². The summed E-state index contributed by atoms with van der Waals surface area (Å²) < 4.78 is 38.0. The lowest BCUT2D eigenvalue weighted by Gasteiger charge is -2.31. The summed E-state index contributed by atoms with van der Waals surface area (Å²) in [5, 5.41) is 2.24. The van der Waals surface area contributed by atoms with E-state index in [1.54, 1.807) is 13.8 Å². The van der Waals surface area contributed by atoms with Crippen molar-refractivity contribution in [3.8, 4) is 0 Å². The molecule has 2 rings (SSSR count). The second-order valence-electron chi connectivity index (χ2n) is 6.22. The second-order valence-corrected chi connectivity index (χ2v) is 6.22. The van der Waals surface area contributed by atoms with Gasteiger partial charge in [-0.05, 0) is 24.6 Å². The summed E-state index contributed by atoms with van der Waals surface area (Å²) in [6, 6.07) is 4.06. The first-order valence-corrected chi connectivity index (χ1v) is 7.07. The summed E-state index contributed by atoms with van der Waals surface area (Å²) in [7, 11) is 0. The molecule has 1 aromatic carbocycles. The van der Waals surface area contributed by atoms with Crippen molar-refractivity contribution in [2.45, 2.75) is 32.9 Å². The summed E-state index contributed by atoms with van der Waals surface area (Å²) in [5.74, 6) is -3.35. The molecule has 1 amide bonds. The van der Waals surface area contributed by atoms with E-state index in [0.717, 1.165) is 18.2 Å². The van der Waals surface area contributed by atoms with Crippen LogP contribution in [0.25, 0.3) is 0 Å². The maximum absolute atomic E-state index is 12.7. The van der Waals surface area contributed by atoms with E-state index in [1.807, 2.05) is 0 Å². The highest BCUT2D eigenvalue weighted by Crippen LogP contribution is 2.35. The number of nitrogens with one attached hydrogen (secondary N) is 1. The largest absolute Gasteiger partial charge is 0.416 e. The van der Waals surface area contributed by atoms with Crippen LogP contribution >= 0.6 is 0 Å².